The molecule has 6 nitrogen and oxygen atoms in total. The number of anilines is 2. The van der Waals surface area contributed by atoms with Gasteiger partial charge in [-0.05, 0) is 25.1 Å². The zero-order valence-electron chi connectivity index (χ0n) is 13.9. The first kappa shape index (κ1) is 15.6. The topological polar surface area (TPSA) is 63.2 Å². The van der Waals surface area contributed by atoms with E-state index in [1.165, 1.54) is 5.69 Å². The van der Waals surface area contributed by atoms with Gasteiger partial charge in [0.15, 0.2) is 0 Å². The molecule has 0 aromatic carbocycles. The molecule has 23 heavy (non-hydrogen) atoms. The maximum Gasteiger partial charge on any atom is 0.145 e. The van der Waals surface area contributed by atoms with Crippen LogP contribution in [-0.2, 0) is 13.6 Å². The highest BCUT2D eigenvalue weighted by Crippen LogP contribution is 2.21. The second-order valence-electron chi connectivity index (χ2n) is 5.99. The Morgan fingerprint density at radius 3 is 2.57 bits per heavy atom. The Hall–Kier alpha value is -2.34. The van der Waals surface area contributed by atoms with Gasteiger partial charge < -0.3 is 10.6 Å². The van der Waals surface area contributed by atoms with Crippen molar-refractivity contribution in [2.45, 2.75) is 13.5 Å². The molecule has 0 atom stereocenters. The minimum Gasteiger partial charge on any atom is -0.382 e. The van der Waals surface area contributed by atoms with Gasteiger partial charge >= 0.3 is 0 Å². The number of piperazine rings is 1. The van der Waals surface area contributed by atoms with Gasteiger partial charge in [0.2, 0.25) is 0 Å². The quantitative estimate of drug-likeness (QED) is 0.930. The van der Waals surface area contributed by atoms with Gasteiger partial charge in [-0.2, -0.15) is 5.10 Å². The molecule has 3 rings (SSSR count). The van der Waals surface area contributed by atoms with Crippen LogP contribution in [0.1, 0.15) is 17.1 Å². The van der Waals surface area contributed by atoms with E-state index in [9.17, 15) is 0 Å². The third-order valence-electron chi connectivity index (χ3n) is 4.38. The Morgan fingerprint density at radius 1 is 1.26 bits per heavy atom. The van der Waals surface area contributed by atoms with E-state index in [0.29, 0.717) is 5.82 Å². The Labute approximate surface area is 137 Å². The van der Waals surface area contributed by atoms with Crippen molar-refractivity contribution in [2.75, 3.05) is 36.8 Å². The summed E-state index contributed by atoms with van der Waals surface area (Å²) in [6.07, 6.45) is 1.79. The van der Waals surface area contributed by atoms with Gasteiger partial charge in [0.25, 0.3) is 0 Å². The molecule has 2 aromatic rings. The molecule has 0 bridgehead atoms. The summed E-state index contributed by atoms with van der Waals surface area (Å²) in [6.45, 7) is 10.8. The molecule has 0 unspecified atom stereocenters. The maximum absolute atomic E-state index is 5.75. The number of aromatic nitrogens is 3. The van der Waals surface area contributed by atoms with Gasteiger partial charge in [0.1, 0.15) is 5.82 Å². The van der Waals surface area contributed by atoms with Crippen molar-refractivity contribution in [1.82, 2.24) is 19.7 Å². The van der Waals surface area contributed by atoms with E-state index < -0.39 is 0 Å². The third kappa shape index (κ3) is 3.37. The summed E-state index contributed by atoms with van der Waals surface area (Å²) >= 11 is 0. The molecule has 0 saturated carbocycles. The highest BCUT2D eigenvalue weighted by molar-refractivity contribution is 5.55. The number of nitrogens with zero attached hydrogens (tertiary/aromatic N) is 5. The molecule has 1 saturated heterocycles. The van der Waals surface area contributed by atoms with Gasteiger partial charge in [0, 0.05) is 45.8 Å². The van der Waals surface area contributed by atoms with Crippen molar-refractivity contribution < 1.29 is 0 Å². The van der Waals surface area contributed by atoms with E-state index in [0.717, 1.165) is 49.8 Å². The second-order valence-corrected chi connectivity index (χ2v) is 5.99. The van der Waals surface area contributed by atoms with Crippen LogP contribution in [0.3, 0.4) is 0 Å². The molecule has 3 heterocycles. The molecule has 0 radical (unpaired) electrons. The number of aryl methyl sites for hydroxylation is 2. The number of rotatable bonds is 4. The summed E-state index contributed by atoms with van der Waals surface area (Å²) in [5.74, 6) is 0.588. The fourth-order valence-corrected chi connectivity index (χ4v) is 3.08. The van der Waals surface area contributed by atoms with Gasteiger partial charge in [-0.25, -0.2) is 0 Å². The predicted molar refractivity (Wildman–Crippen MR) is 94.2 cm³/mol. The summed E-state index contributed by atoms with van der Waals surface area (Å²) in [6, 6.07) is 6.13. The Balaban J connectivity index is 1.62. The van der Waals surface area contributed by atoms with Crippen molar-refractivity contribution in [3.8, 4) is 0 Å². The number of hydrogen-bond acceptors (Lipinski definition) is 5. The Kier molecular flexibility index (Phi) is 4.34. The first-order valence-corrected chi connectivity index (χ1v) is 7.92. The predicted octanol–water partition coefficient (Wildman–Crippen LogP) is 1.67. The number of hydrogen-bond donors (Lipinski definition) is 1. The van der Waals surface area contributed by atoms with Crippen LogP contribution in [0.5, 0.6) is 0 Å². The molecule has 0 amide bonds. The number of nitrogen functional groups attached to an aromatic ring is 1. The van der Waals surface area contributed by atoms with Crippen LogP contribution in [0.2, 0.25) is 0 Å². The largest absolute Gasteiger partial charge is 0.382 e. The third-order valence-corrected chi connectivity index (χ3v) is 4.38. The van der Waals surface area contributed by atoms with Crippen LogP contribution < -0.4 is 10.6 Å². The molecule has 122 valence electrons. The van der Waals surface area contributed by atoms with Crippen molar-refractivity contribution >= 4 is 17.6 Å². The summed E-state index contributed by atoms with van der Waals surface area (Å²) in [4.78, 5) is 9.41. The molecular formula is C17H24N6. The smallest absolute Gasteiger partial charge is 0.145 e. The summed E-state index contributed by atoms with van der Waals surface area (Å²) in [5, 5.41) is 4.21. The molecule has 0 spiro atoms. The number of nitrogens with two attached hydrogens (primary N) is 1. The van der Waals surface area contributed by atoms with Crippen LogP contribution in [0.15, 0.2) is 24.8 Å². The minimum absolute atomic E-state index is 0.588. The summed E-state index contributed by atoms with van der Waals surface area (Å²) in [7, 11) is 1.94. The van der Waals surface area contributed by atoms with Gasteiger partial charge in [0.05, 0.1) is 22.8 Å². The lowest BCUT2D eigenvalue weighted by molar-refractivity contribution is 0.243. The van der Waals surface area contributed by atoms with Crippen LogP contribution in [0, 0.1) is 6.92 Å². The normalized spacial score (nSPS) is 15.8. The monoisotopic (exact) mass is 312 g/mol. The fourth-order valence-electron chi connectivity index (χ4n) is 3.08. The van der Waals surface area contributed by atoms with Crippen LogP contribution >= 0.6 is 0 Å². The molecule has 1 aliphatic rings. The van der Waals surface area contributed by atoms with Crippen molar-refractivity contribution in [3.05, 3.63) is 41.9 Å². The average molecular weight is 312 g/mol. The molecule has 2 aromatic heterocycles. The van der Waals surface area contributed by atoms with Gasteiger partial charge in [-0.1, -0.05) is 6.58 Å². The van der Waals surface area contributed by atoms with E-state index in [1.54, 1.807) is 6.08 Å². The van der Waals surface area contributed by atoms with E-state index in [-0.39, 0.29) is 0 Å². The van der Waals surface area contributed by atoms with Crippen LogP contribution in [0.4, 0.5) is 11.5 Å². The Bertz CT molecular complexity index is 697. The lowest BCUT2D eigenvalue weighted by Gasteiger charge is -2.36. The lowest BCUT2D eigenvalue weighted by atomic mass is 10.2. The molecule has 1 fully saturated rings. The highest BCUT2D eigenvalue weighted by atomic mass is 15.3. The van der Waals surface area contributed by atoms with E-state index >= 15 is 0 Å². The SMILES string of the molecule is C=Cc1ccc(N2CCN(Cc3cc(N)nn3C)CC2)c(C)n1. The number of pyridine rings is 1. The average Bonchev–Trinajstić information content (AvgIpc) is 2.85. The Morgan fingerprint density at radius 2 is 2.00 bits per heavy atom. The summed E-state index contributed by atoms with van der Waals surface area (Å²) in [5.41, 5.74) is 10.1. The van der Waals surface area contributed by atoms with Crippen molar-refractivity contribution in [2.24, 2.45) is 7.05 Å². The lowest BCUT2D eigenvalue weighted by Crippen LogP contribution is -2.46. The second kappa shape index (κ2) is 6.42. The first-order chi connectivity index (χ1) is 11.1. The molecular weight excluding hydrogens is 288 g/mol. The van der Waals surface area contributed by atoms with E-state index in [2.05, 4.69) is 39.5 Å². The maximum atomic E-state index is 5.75. The zero-order chi connectivity index (χ0) is 16.4. The minimum atomic E-state index is 0.588. The zero-order valence-corrected chi connectivity index (χ0v) is 13.9. The molecule has 0 aliphatic carbocycles. The van der Waals surface area contributed by atoms with Gasteiger partial charge in [-0.15, -0.1) is 0 Å². The summed E-state index contributed by atoms with van der Waals surface area (Å²) < 4.78 is 1.86. The van der Waals surface area contributed by atoms with Crippen LogP contribution in [0.25, 0.3) is 6.08 Å². The fraction of sp³-hybridized carbons (Fsp3) is 0.412. The van der Waals surface area contributed by atoms with Crippen LogP contribution in [-0.4, -0.2) is 45.8 Å². The standard InChI is InChI=1S/C17H24N6/c1-4-14-5-6-16(13(2)19-14)23-9-7-22(8-10-23)12-15-11-17(18)20-21(15)3/h4-6,11H,1,7-10,12H2,2-3H3,(H2,18,20). The molecule has 1 aliphatic heterocycles. The van der Waals surface area contributed by atoms with E-state index in [4.69, 9.17) is 5.73 Å². The van der Waals surface area contributed by atoms with E-state index in [1.807, 2.05) is 23.9 Å². The molecule has 2 N–H and O–H groups in total. The van der Waals surface area contributed by atoms with Gasteiger partial charge in [-0.3, -0.25) is 14.6 Å². The highest BCUT2D eigenvalue weighted by Gasteiger charge is 2.20. The molecule has 6 heteroatoms. The van der Waals surface area contributed by atoms with Crippen molar-refractivity contribution in [1.29, 1.82) is 0 Å². The first-order valence-electron chi connectivity index (χ1n) is 7.92. The van der Waals surface area contributed by atoms with Crippen molar-refractivity contribution in [3.63, 3.8) is 0 Å².